The lowest BCUT2D eigenvalue weighted by Crippen LogP contribution is -2.15. The Morgan fingerprint density at radius 3 is 2.61 bits per heavy atom. The van der Waals surface area contributed by atoms with E-state index in [9.17, 15) is 18.0 Å². The Kier molecular flexibility index (Phi) is 3.05. The van der Waals surface area contributed by atoms with Gasteiger partial charge in [0.2, 0.25) is 0 Å². The van der Waals surface area contributed by atoms with Crippen molar-refractivity contribution < 1.29 is 22.5 Å². The summed E-state index contributed by atoms with van der Waals surface area (Å²) in [7, 11) is 0. The molecular formula is C11H7F3N2O2. The topological polar surface area (TPSA) is 55.1 Å². The molecule has 0 unspecified atom stereocenters. The summed E-state index contributed by atoms with van der Waals surface area (Å²) in [5, 5.41) is 5.65. The molecular weight excluding hydrogens is 249 g/mol. The lowest BCUT2D eigenvalue weighted by molar-refractivity contribution is 0.102. The van der Waals surface area contributed by atoms with Gasteiger partial charge in [0.25, 0.3) is 5.91 Å². The van der Waals surface area contributed by atoms with Crippen LogP contribution in [0.5, 0.6) is 0 Å². The predicted octanol–water partition coefficient (Wildman–Crippen LogP) is 2.65. The van der Waals surface area contributed by atoms with Crippen LogP contribution in [0.3, 0.4) is 0 Å². The average Bonchev–Trinajstić information content (AvgIpc) is 2.71. The van der Waals surface area contributed by atoms with E-state index in [1.54, 1.807) is 6.92 Å². The molecule has 18 heavy (non-hydrogen) atoms. The lowest BCUT2D eigenvalue weighted by atomic mass is 10.2. The normalized spacial score (nSPS) is 10.4. The van der Waals surface area contributed by atoms with Crippen molar-refractivity contribution in [2.45, 2.75) is 6.92 Å². The van der Waals surface area contributed by atoms with Gasteiger partial charge in [-0.2, -0.15) is 0 Å². The van der Waals surface area contributed by atoms with E-state index in [2.05, 4.69) is 15.0 Å². The Labute approximate surface area is 99.4 Å². The molecule has 0 aliphatic heterocycles. The molecule has 1 aromatic carbocycles. The average molecular weight is 256 g/mol. The zero-order chi connectivity index (χ0) is 13.3. The predicted molar refractivity (Wildman–Crippen MR) is 55.5 cm³/mol. The van der Waals surface area contributed by atoms with Crippen LogP contribution in [-0.2, 0) is 0 Å². The summed E-state index contributed by atoms with van der Waals surface area (Å²) in [5.41, 5.74) is -0.616. The number of nitrogens with zero attached hydrogens (tertiary/aromatic N) is 1. The van der Waals surface area contributed by atoms with Crippen LogP contribution in [0.4, 0.5) is 19.0 Å². The van der Waals surface area contributed by atoms with Crippen molar-refractivity contribution in [2.75, 3.05) is 5.32 Å². The van der Waals surface area contributed by atoms with Gasteiger partial charge < -0.3 is 9.84 Å². The third kappa shape index (κ3) is 2.20. The van der Waals surface area contributed by atoms with Gasteiger partial charge in [0.05, 0.1) is 5.56 Å². The van der Waals surface area contributed by atoms with Crippen LogP contribution >= 0.6 is 0 Å². The zero-order valence-electron chi connectivity index (χ0n) is 9.13. The second-order valence-corrected chi connectivity index (χ2v) is 3.50. The molecule has 94 valence electrons. The third-order valence-electron chi connectivity index (χ3n) is 2.15. The SMILES string of the molecule is Cc1cc(NC(=O)c2ccc(F)c(F)c2F)no1. The van der Waals surface area contributed by atoms with Crippen LogP contribution in [0, 0.1) is 24.4 Å². The molecule has 0 saturated carbocycles. The molecule has 4 nitrogen and oxygen atoms in total. The van der Waals surface area contributed by atoms with Crippen LogP contribution in [0.15, 0.2) is 22.7 Å². The van der Waals surface area contributed by atoms with Gasteiger partial charge in [0.1, 0.15) is 5.76 Å². The van der Waals surface area contributed by atoms with E-state index >= 15 is 0 Å². The van der Waals surface area contributed by atoms with Crippen LogP contribution in [0.2, 0.25) is 0 Å². The number of nitrogens with one attached hydrogen (secondary N) is 1. The van der Waals surface area contributed by atoms with Crippen molar-refractivity contribution in [3.63, 3.8) is 0 Å². The van der Waals surface area contributed by atoms with E-state index in [1.807, 2.05) is 0 Å². The molecule has 1 N–H and O–H groups in total. The van der Waals surface area contributed by atoms with Crippen molar-refractivity contribution in [1.29, 1.82) is 0 Å². The second-order valence-electron chi connectivity index (χ2n) is 3.50. The molecule has 0 fully saturated rings. The number of amides is 1. The Balaban J connectivity index is 2.27. The number of benzene rings is 1. The molecule has 0 radical (unpaired) electrons. The van der Waals surface area contributed by atoms with E-state index in [1.165, 1.54) is 6.07 Å². The van der Waals surface area contributed by atoms with Gasteiger partial charge in [-0.25, -0.2) is 13.2 Å². The summed E-state index contributed by atoms with van der Waals surface area (Å²) in [6, 6.07) is 2.91. The van der Waals surface area contributed by atoms with Crippen LogP contribution < -0.4 is 5.32 Å². The maximum atomic E-state index is 13.3. The number of rotatable bonds is 2. The number of anilines is 1. The quantitative estimate of drug-likeness (QED) is 0.840. The van der Waals surface area contributed by atoms with Crippen molar-refractivity contribution >= 4 is 11.7 Å². The smallest absolute Gasteiger partial charge is 0.259 e. The number of carbonyl (C=O) groups excluding carboxylic acids is 1. The minimum atomic E-state index is -1.70. The van der Waals surface area contributed by atoms with Crippen LogP contribution in [-0.4, -0.2) is 11.1 Å². The molecule has 0 bridgehead atoms. The summed E-state index contributed by atoms with van der Waals surface area (Å²) in [4.78, 5) is 11.6. The van der Waals surface area contributed by atoms with Crippen molar-refractivity contribution in [2.24, 2.45) is 0 Å². The maximum Gasteiger partial charge on any atom is 0.259 e. The minimum absolute atomic E-state index is 0.0571. The first-order chi connectivity index (χ1) is 8.49. The van der Waals surface area contributed by atoms with Gasteiger partial charge >= 0.3 is 0 Å². The van der Waals surface area contributed by atoms with Crippen molar-refractivity contribution in [1.82, 2.24) is 5.16 Å². The molecule has 1 amide bonds. The monoisotopic (exact) mass is 256 g/mol. The van der Waals surface area contributed by atoms with Crippen molar-refractivity contribution in [3.05, 3.63) is 47.0 Å². The Bertz CT molecular complexity index is 610. The summed E-state index contributed by atoms with van der Waals surface area (Å²) in [6.07, 6.45) is 0. The Morgan fingerprint density at radius 1 is 1.28 bits per heavy atom. The van der Waals surface area contributed by atoms with E-state index in [0.29, 0.717) is 11.8 Å². The van der Waals surface area contributed by atoms with Gasteiger partial charge in [0, 0.05) is 6.07 Å². The number of aromatic nitrogens is 1. The summed E-state index contributed by atoms with van der Waals surface area (Å²) >= 11 is 0. The van der Waals surface area contributed by atoms with Gasteiger partial charge in [-0.1, -0.05) is 5.16 Å². The van der Waals surface area contributed by atoms with E-state index in [-0.39, 0.29) is 5.82 Å². The fourth-order valence-corrected chi connectivity index (χ4v) is 1.31. The fraction of sp³-hybridized carbons (Fsp3) is 0.0909. The van der Waals surface area contributed by atoms with E-state index in [0.717, 1.165) is 6.07 Å². The standard InChI is InChI=1S/C11H7F3N2O2/c1-5-4-8(16-18-5)15-11(17)6-2-3-7(12)10(14)9(6)13/h2-4H,1H3,(H,15,16,17). The molecule has 0 aliphatic rings. The van der Waals surface area contributed by atoms with Gasteiger partial charge in [-0.3, -0.25) is 4.79 Å². The highest BCUT2D eigenvalue weighted by atomic mass is 19.2. The highest BCUT2D eigenvalue weighted by Crippen LogP contribution is 2.17. The fourth-order valence-electron chi connectivity index (χ4n) is 1.31. The first-order valence-corrected chi connectivity index (χ1v) is 4.87. The molecule has 1 aromatic heterocycles. The molecule has 2 aromatic rings. The number of aryl methyl sites for hydroxylation is 1. The number of hydrogen-bond acceptors (Lipinski definition) is 3. The number of halogens is 3. The van der Waals surface area contributed by atoms with Crippen LogP contribution in [0.25, 0.3) is 0 Å². The summed E-state index contributed by atoms with van der Waals surface area (Å²) in [6.45, 7) is 1.60. The summed E-state index contributed by atoms with van der Waals surface area (Å²) in [5.74, 6) is -5.05. The summed E-state index contributed by atoms with van der Waals surface area (Å²) < 4.78 is 43.6. The van der Waals surface area contributed by atoms with E-state index in [4.69, 9.17) is 0 Å². The lowest BCUT2D eigenvalue weighted by Gasteiger charge is -2.03. The second kappa shape index (κ2) is 4.52. The molecule has 7 heteroatoms. The van der Waals surface area contributed by atoms with Gasteiger partial charge in [0.15, 0.2) is 23.3 Å². The highest BCUT2D eigenvalue weighted by Gasteiger charge is 2.19. The Hall–Kier alpha value is -2.31. The minimum Gasteiger partial charge on any atom is -0.360 e. The molecule has 0 spiro atoms. The zero-order valence-corrected chi connectivity index (χ0v) is 9.13. The molecule has 0 saturated heterocycles. The molecule has 0 aliphatic carbocycles. The maximum absolute atomic E-state index is 13.3. The molecule has 2 rings (SSSR count). The van der Waals surface area contributed by atoms with E-state index < -0.39 is 28.9 Å². The van der Waals surface area contributed by atoms with Crippen LogP contribution in [0.1, 0.15) is 16.1 Å². The molecule has 0 atom stereocenters. The highest BCUT2D eigenvalue weighted by molar-refractivity contribution is 6.03. The number of hydrogen-bond donors (Lipinski definition) is 1. The first kappa shape index (κ1) is 12.2. The van der Waals surface area contributed by atoms with Crippen molar-refractivity contribution in [3.8, 4) is 0 Å². The third-order valence-corrected chi connectivity index (χ3v) is 2.15. The first-order valence-electron chi connectivity index (χ1n) is 4.87. The number of carbonyl (C=O) groups is 1. The van der Waals surface area contributed by atoms with Gasteiger partial charge in [-0.15, -0.1) is 0 Å². The largest absolute Gasteiger partial charge is 0.360 e. The van der Waals surface area contributed by atoms with Gasteiger partial charge in [-0.05, 0) is 19.1 Å². The Morgan fingerprint density at radius 2 is 2.00 bits per heavy atom. The molecule has 1 heterocycles.